The highest BCUT2D eigenvalue weighted by Crippen LogP contribution is 2.23. The van der Waals surface area contributed by atoms with Crippen molar-refractivity contribution in [2.24, 2.45) is 5.92 Å². The van der Waals surface area contributed by atoms with E-state index in [2.05, 4.69) is 27.8 Å². The Morgan fingerprint density at radius 2 is 2.04 bits per heavy atom. The third kappa shape index (κ3) is 4.77. The third-order valence-corrected chi connectivity index (χ3v) is 5.72. The van der Waals surface area contributed by atoms with Crippen LogP contribution in [-0.2, 0) is 11.3 Å². The standard InChI is InChI=1S/C19H31N3O3/c1-14-9-20-6-3-16(14)11-22-7-4-15(5-8-22)10-21(2)17-12-25-13-18(23)19(17)24/h3,6,9,15,17-19,23-24H,4-5,7-8,10-13H2,1-2H3/t17-,18-,19+/m1/s1. The van der Waals surface area contributed by atoms with Crippen molar-refractivity contribution < 1.29 is 14.9 Å². The van der Waals surface area contributed by atoms with Gasteiger partial charge in [-0.3, -0.25) is 14.8 Å². The monoisotopic (exact) mass is 349 g/mol. The molecular weight excluding hydrogens is 318 g/mol. The Balaban J connectivity index is 1.45. The van der Waals surface area contributed by atoms with Gasteiger partial charge in [-0.2, -0.15) is 0 Å². The number of aryl methyl sites for hydroxylation is 1. The minimum absolute atomic E-state index is 0.110. The Kier molecular flexibility index (Phi) is 6.41. The fourth-order valence-electron chi connectivity index (χ4n) is 3.94. The molecule has 0 amide bonds. The topological polar surface area (TPSA) is 69.1 Å². The smallest absolute Gasteiger partial charge is 0.105 e. The lowest BCUT2D eigenvalue weighted by molar-refractivity contribution is -0.130. The number of rotatable bonds is 5. The quantitative estimate of drug-likeness (QED) is 0.814. The van der Waals surface area contributed by atoms with Crippen molar-refractivity contribution in [2.75, 3.05) is 39.9 Å². The van der Waals surface area contributed by atoms with Crippen LogP contribution in [0, 0.1) is 12.8 Å². The van der Waals surface area contributed by atoms with E-state index in [0.29, 0.717) is 12.5 Å². The molecule has 2 fully saturated rings. The maximum atomic E-state index is 10.2. The molecule has 25 heavy (non-hydrogen) atoms. The van der Waals surface area contributed by atoms with Crippen molar-refractivity contribution in [1.82, 2.24) is 14.8 Å². The van der Waals surface area contributed by atoms with E-state index in [1.807, 2.05) is 19.4 Å². The van der Waals surface area contributed by atoms with Gasteiger partial charge in [-0.1, -0.05) is 0 Å². The summed E-state index contributed by atoms with van der Waals surface area (Å²) in [6.45, 7) is 7.00. The van der Waals surface area contributed by atoms with Gasteiger partial charge in [-0.25, -0.2) is 0 Å². The first-order chi connectivity index (χ1) is 12.0. The van der Waals surface area contributed by atoms with Crippen molar-refractivity contribution in [3.8, 4) is 0 Å². The van der Waals surface area contributed by atoms with Gasteiger partial charge in [0.15, 0.2) is 0 Å². The Bertz CT molecular complexity index is 548. The molecule has 1 aromatic rings. The summed E-state index contributed by atoms with van der Waals surface area (Å²) in [6, 6.07) is 2.01. The molecule has 0 radical (unpaired) electrons. The number of ether oxygens (including phenoxy) is 1. The molecule has 0 aromatic carbocycles. The molecule has 2 saturated heterocycles. The second kappa shape index (κ2) is 8.56. The van der Waals surface area contributed by atoms with E-state index in [-0.39, 0.29) is 12.6 Å². The summed E-state index contributed by atoms with van der Waals surface area (Å²) in [5.74, 6) is 0.631. The maximum Gasteiger partial charge on any atom is 0.105 e. The van der Waals surface area contributed by atoms with E-state index in [1.54, 1.807) is 0 Å². The number of aliphatic hydroxyl groups excluding tert-OH is 2. The van der Waals surface area contributed by atoms with Gasteiger partial charge in [-0.15, -0.1) is 0 Å². The fraction of sp³-hybridized carbons (Fsp3) is 0.737. The molecule has 2 N–H and O–H groups in total. The number of hydrogen-bond donors (Lipinski definition) is 2. The molecule has 3 rings (SSSR count). The summed E-state index contributed by atoms with van der Waals surface area (Å²) in [6.07, 6.45) is 4.65. The number of likely N-dealkylation sites (N-methyl/N-ethyl adjacent to an activating group) is 1. The molecule has 0 bridgehead atoms. The van der Waals surface area contributed by atoms with Crippen LogP contribution in [0.5, 0.6) is 0 Å². The van der Waals surface area contributed by atoms with Gasteiger partial charge in [0.1, 0.15) is 6.10 Å². The number of piperidine rings is 1. The first-order valence-corrected chi connectivity index (χ1v) is 9.30. The molecule has 2 aliphatic rings. The first kappa shape index (κ1) is 18.7. The van der Waals surface area contributed by atoms with Crippen molar-refractivity contribution in [3.63, 3.8) is 0 Å². The van der Waals surface area contributed by atoms with Gasteiger partial charge in [0.05, 0.1) is 25.4 Å². The molecule has 1 aromatic heterocycles. The van der Waals surface area contributed by atoms with Crippen molar-refractivity contribution in [2.45, 2.75) is 44.6 Å². The predicted octanol–water partition coefficient (Wildman–Crippen LogP) is 0.654. The molecule has 3 heterocycles. The summed E-state index contributed by atoms with van der Waals surface area (Å²) >= 11 is 0. The summed E-state index contributed by atoms with van der Waals surface area (Å²) in [7, 11) is 2.03. The zero-order valence-corrected chi connectivity index (χ0v) is 15.3. The average molecular weight is 349 g/mol. The molecule has 2 aliphatic heterocycles. The molecule has 6 heteroatoms. The van der Waals surface area contributed by atoms with Gasteiger partial charge in [-0.05, 0) is 63.0 Å². The second-order valence-corrected chi connectivity index (χ2v) is 7.62. The maximum absolute atomic E-state index is 10.2. The van der Waals surface area contributed by atoms with E-state index in [9.17, 15) is 10.2 Å². The van der Waals surface area contributed by atoms with Crippen LogP contribution >= 0.6 is 0 Å². The Hall–Kier alpha value is -1.05. The van der Waals surface area contributed by atoms with E-state index >= 15 is 0 Å². The van der Waals surface area contributed by atoms with E-state index in [0.717, 1.165) is 26.2 Å². The van der Waals surface area contributed by atoms with Crippen LogP contribution in [0.15, 0.2) is 18.5 Å². The fourth-order valence-corrected chi connectivity index (χ4v) is 3.94. The zero-order valence-electron chi connectivity index (χ0n) is 15.3. The molecule has 140 valence electrons. The highest BCUT2D eigenvalue weighted by molar-refractivity contribution is 5.21. The van der Waals surface area contributed by atoms with Gasteiger partial charge in [0.25, 0.3) is 0 Å². The largest absolute Gasteiger partial charge is 0.389 e. The van der Waals surface area contributed by atoms with Crippen molar-refractivity contribution in [1.29, 1.82) is 0 Å². The number of hydrogen-bond acceptors (Lipinski definition) is 6. The average Bonchev–Trinajstić information content (AvgIpc) is 2.61. The lowest BCUT2D eigenvalue weighted by Crippen LogP contribution is -2.56. The molecule has 0 saturated carbocycles. The number of likely N-dealkylation sites (tertiary alicyclic amines) is 1. The van der Waals surface area contributed by atoms with Crippen molar-refractivity contribution >= 4 is 0 Å². The second-order valence-electron chi connectivity index (χ2n) is 7.62. The molecule has 0 spiro atoms. The van der Waals surface area contributed by atoms with Crippen LogP contribution < -0.4 is 0 Å². The molecular formula is C19H31N3O3. The van der Waals surface area contributed by atoms with E-state index in [4.69, 9.17) is 4.74 Å². The zero-order chi connectivity index (χ0) is 17.8. The third-order valence-electron chi connectivity index (χ3n) is 5.72. The van der Waals surface area contributed by atoms with Gasteiger partial charge in [0, 0.05) is 25.5 Å². The number of nitrogens with zero attached hydrogens (tertiary/aromatic N) is 3. The molecule has 3 atom stereocenters. The van der Waals surface area contributed by atoms with Gasteiger partial charge < -0.3 is 14.9 Å². The van der Waals surface area contributed by atoms with E-state index in [1.165, 1.54) is 24.0 Å². The lowest BCUT2D eigenvalue weighted by atomic mass is 9.94. The highest BCUT2D eigenvalue weighted by Gasteiger charge is 2.35. The van der Waals surface area contributed by atoms with Crippen molar-refractivity contribution in [3.05, 3.63) is 29.6 Å². The van der Waals surface area contributed by atoms with Crippen LogP contribution in [0.3, 0.4) is 0 Å². The summed E-state index contributed by atoms with van der Waals surface area (Å²) in [5.41, 5.74) is 2.62. The van der Waals surface area contributed by atoms with Crippen LogP contribution in [0.4, 0.5) is 0 Å². The summed E-state index contributed by atoms with van der Waals surface area (Å²) in [4.78, 5) is 8.85. The Labute approximate surface area is 150 Å². The summed E-state index contributed by atoms with van der Waals surface area (Å²) < 4.78 is 5.40. The predicted molar refractivity (Wildman–Crippen MR) is 96.2 cm³/mol. The van der Waals surface area contributed by atoms with E-state index < -0.39 is 12.2 Å². The van der Waals surface area contributed by atoms with Crippen LogP contribution in [0.1, 0.15) is 24.0 Å². The Morgan fingerprint density at radius 3 is 2.76 bits per heavy atom. The van der Waals surface area contributed by atoms with Gasteiger partial charge >= 0.3 is 0 Å². The molecule has 0 aliphatic carbocycles. The number of aromatic nitrogens is 1. The molecule has 6 nitrogen and oxygen atoms in total. The lowest BCUT2D eigenvalue weighted by Gasteiger charge is -2.40. The summed E-state index contributed by atoms with van der Waals surface area (Å²) in [5, 5.41) is 20.0. The minimum atomic E-state index is -0.772. The van der Waals surface area contributed by atoms with Crippen LogP contribution in [0.25, 0.3) is 0 Å². The number of aliphatic hydroxyl groups is 2. The van der Waals surface area contributed by atoms with Crippen LogP contribution in [-0.4, -0.2) is 83.1 Å². The highest BCUT2D eigenvalue weighted by atomic mass is 16.5. The Morgan fingerprint density at radius 1 is 1.28 bits per heavy atom. The molecule has 0 unspecified atom stereocenters. The SMILES string of the molecule is Cc1cnccc1CN1CCC(CN(C)[C@@H]2COC[C@@H](O)[C@H]2O)CC1. The minimum Gasteiger partial charge on any atom is -0.389 e. The normalized spacial score (nSPS) is 29.2. The number of pyridine rings is 1. The first-order valence-electron chi connectivity index (χ1n) is 9.30. The van der Waals surface area contributed by atoms with Crippen LogP contribution in [0.2, 0.25) is 0 Å². The van der Waals surface area contributed by atoms with Gasteiger partial charge in [0.2, 0.25) is 0 Å².